The van der Waals surface area contributed by atoms with Crippen molar-refractivity contribution in [2.24, 2.45) is 11.3 Å². The van der Waals surface area contributed by atoms with Gasteiger partial charge < -0.3 is 4.43 Å². The molecule has 1 saturated carbocycles. The van der Waals surface area contributed by atoms with Gasteiger partial charge in [0.25, 0.3) is 0 Å². The van der Waals surface area contributed by atoms with Gasteiger partial charge in [-0.2, -0.15) is 0 Å². The topological polar surface area (TPSA) is 9.23 Å². The van der Waals surface area contributed by atoms with Crippen molar-refractivity contribution in [2.75, 3.05) is 0 Å². The van der Waals surface area contributed by atoms with Crippen molar-refractivity contribution in [3.05, 3.63) is 33.8 Å². The van der Waals surface area contributed by atoms with Crippen molar-refractivity contribution >= 4 is 19.9 Å². The Bertz CT molecular complexity index is 594. The number of rotatable bonds is 9. The molecule has 1 nitrogen and oxygen atoms in total. The summed E-state index contributed by atoms with van der Waals surface area (Å²) < 4.78 is 7.06. The molecular weight excluding hydrogens is 380 g/mol. The number of aryl methyl sites for hydroxylation is 2. The van der Waals surface area contributed by atoms with E-state index in [9.17, 15) is 0 Å². The number of benzene rings is 1. The summed E-state index contributed by atoms with van der Waals surface area (Å²) in [6, 6.07) is 7.97. The molecule has 3 heteroatoms. The van der Waals surface area contributed by atoms with Crippen molar-refractivity contribution in [2.45, 2.75) is 111 Å². The fourth-order valence-corrected chi connectivity index (χ4v) is 8.32. The summed E-state index contributed by atoms with van der Waals surface area (Å²) in [5.74, 6) is 0.851. The van der Waals surface area contributed by atoms with Gasteiger partial charge in [0.2, 0.25) is 0 Å². The summed E-state index contributed by atoms with van der Waals surface area (Å²) in [6.45, 7) is 16.2. The van der Waals surface area contributed by atoms with Gasteiger partial charge in [0, 0.05) is 10.6 Å². The first kappa shape index (κ1) is 24.0. The summed E-state index contributed by atoms with van der Waals surface area (Å²) in [6.07, 6.45) is 8.02. The Morgan fingerprint density at radius 3 is 2.14 bits per heavy atom. The molecule has 2 rings (SSSR count). The molecular formula is C25H43ClOSi. The van der Waals surface area contributed by atoms with E-state index in [0.717, 1.165) is 17.4 Å². The molecule has 1 unspecified atom stereocenters. The molecule has 0 saturated heterocycles. The first-order valence-corrected chi connectivity index (χ1v) is 14.5. The average Bonchev–Trinajstić information content (AvgIpc) is 2.64. The minimum Gasteiger partial charge on any atom is -0.410 e. The maximum atomic E-state index is 7.06. The van der Waals surface area contributed by atoms with Gasteiger partial charge in [0.1, 0.15) is 0 Å². The second kappa shape index (κ2) is 10.1. The molecule has 1 atom stereocenters. The molecule has 0 bridgehead atoms. The minimum atomic E-state index is -1.69. The Kier molecular flexibility index (Phi) is 8.67. The molecule has 1 aromatic carbocycles. The third kappa shape index (κ3) is 6.09. The van der Waals surface area contributed by atoms with Crippen LogP contribution in [0.2, 0.25) is 23.2 Å². The van der Waals surface area contributed by atoms with Gasteiger partial charge in [-0.05, 0) is 99.0 Å². The molecule has 1 fully saturated rings. The van der Waals surface area contributed by atoms with Crippen LogP contribution in [-0.4, -0.2) is 8.32 Å². The first-order chi connectivity index (χ1) is 13.1. The fraction of sp³-hybridized carbons (Fsp3) is 0.760. The number of halogens is 1. The fourth-order valence-electron chi connectivity index (χ4n) is 5.03. The molecule has 0 amide bonds. The van der Waals surface area contributed by atoms with Gasteiger partial charge in [-0.15, -0.1) is 0 Å². The van der Waals surface area contributed by atoms with Crippen LogP contribution in [0.1, 0.15) is 95.9 Å². The SMILES string of the molecule is CC[Si](CC)(CC)OC(CCC1CCC(C)(C)CC1)c1c(C)cc(C)cc1Cl. The summed E-state index contributed by atoms with van der Waals surface area (Å²) in [4.78, 5) is 0. The Morgan fingerprint density at radius 2 is 1.64 bits per heavy atom. The maximum absolute atomic E-state index is 7.06. The molecule has 0 radical (unpaired) electrons. The monoisotopic (exact) mass is 422 g/mol. The van der Waals surface area contributed by atoms with Crippen LogP contribution in [0.4, 0.5) is 0 Å². The van der Waals surface area contributed by atoms with Gasteiger partial charge in [0.15, 0.2) is 8.32 Å². The molecule has 0 spiro atoms. The van der Waals surface area contributed by atoms with Crippen molar-refractivity contribution in [3.8, 4) is 0 Å². The normalized spacial score (nSPS) is 19.0. The van der Waals surface area contributed by atoms with E-state index in [0.29, 0.717) is 5.41 Å². The molecule has 1 aliphatic rings. The van der Waals surface area contributed by atoms with Gasteiger partial charge >= 0.3 is 0 Å². The Labute approximate surface area is 180 Å². The van der Waals surface area contributed by atoms with Crippen LogP contribution in [0.15, 0.2) is 12.1 Å². The van der Waals surface area contributed by atoms with E-state index in [2.05, 4.69) is 60.6 Å². The molecule has 0 aromatic heterocycles. The third-order valence-electron chi connectivity index (χ3n) is 7.42. The highest BCUT2D eigenvalue weighted by Crippen LogP contribution is 2.43. The molecule has 1 aliphatic carbocycles. The molecule has 0 heterocycles. The van der Waals surface area contributed by atoms with E-state index in [1.54, 1.807) is 0 Å². The van der Waals surface area contributed by atoms with E-state index in [1.807, 2.05) is 0 Å². The van der Waals surface area contributed by atoms with E-state index in [4.69, 9.17) is 16.0 Å². The lowest BCUT2D eigenvalue weighted by atomic mass is 9.72. The lowest BCUT2D eigenvalue weighted by molar-refractivity contribution is 0.142. The standard InChI is InChI=1S/C25H43ClOSi/c1-8-28(9-2,10-3)27-23(24-20(5)17-19(4)18-22(24)26)12-11-21-13-15-25(6,7)16-14-21/h17-18,21,23H,8-16H2,1-7H3. The summed E-state index contributed by atoms with van der Waals surface area (Å²) in [7, 11) is -1.69. The van der Waals surface area contributed by atoms with Crippen molar-refractivity contribution < 1.29 is 4.43 Å². The van der Waals surface area contributed by atoms with Crippen LogP contribution in [0, 0.1) is 25.2 Å². The Hall–Kier alpha value is -0.313. The zero-order valence-corrected chi connectivity index (χ0v) is 21.2. The summed E-state index contributed by atoms with van der Waals surface area (Å²) >= 11 is 6.78. The van der Waals surface area contributed by atoms with E-state index >= 15 is 0 Å². The van der Waals surface area contributed by atoms with Gasteiger partial charge in [-0.25, -0.2) is 0 Å². The Balaban J connectivity index is 2.22. The number of hydrogen-bond acceptors (Lipinski definition) is 1. The average molecular weight is 423 g/mol. The summed E-state index contributed by atoms with van der Waals surface area (Å²) in [5, 5.41) is 0.901. The highest BCUT2D eigenvalue weighted by molar-refractivity contribution is 6.73. The first-order valence-electron chi connectivity index (χ1n) is 11.6. The van der Waals surface area contributed by atoms with Crippen LogP contribution >= 0.6 is 11.6 Å². The minimum absolute atomic E-state index is 0.162. The van der Waals surface area contributed by atoms with Crippen LogP contribution in [0.5, 0.6) is 0 Å². The van der Waals surface area contributed by atoms with Gasteiger partial charge in [0.05, 0.1) is 6.10 Å². The lowest BCUT2D eigenvalue weighted by Gasteiger charge is -2.37. The highest BCUT2D eigenvalue weighted by Gasteiger charge is 2.34. The largest absolute Gasteiger partial charge is 0.410 e. The zero-order chi connectivity index (χ0) is 20.9. The predicted octanol–water partition coefficient (Wildman–Crippen LogP) is 9.02. The van der Waals surface area contributed by atoms with Crippen LogP contribution in [-0.2, 0) is 4.43 Å². The second-order valence-corrected chi connectivity index (χ2v) is 15.1. The van der Waals surface area contributed by atoms with Crippen molar-refractivity contribution in [3.63, 3.8) is 0 Å². The van der Waals surface area contributed by atoms with Gasteiger partial charge in [-0.1, -0.05) is 52.3 Å². The second-order valence-electron chi connectivity index (χ2n) is 10.0. The molecule has 1 aromatic rings. The summed E-state index contributed by atoms with van der Waals surface area (Å²) in [5.41, 5.74) is 4.34. The zero-order valence-electron chi connectivity index (χ0n) is 19.5. The van der Waals surface area contributed by atoms with E-state index < -0.39 is 8.32 Å². The lowest BCUT2D eigenvalue weighted by Crippen LogP contribution is -2.37. The van der Waals surface area contributed by atoms with Crippen LogP contribution in [0.3, 0.4) is 0 Å². The quantitative estimate of drug-likeness (QED) is 0.360. The van der Waals surface area contributed by atoms with E-state index in [-0.39, 0.29) is 6.10 Å². The smallest absolute Gasteiger partial charge is 0.192 e. The van der Waals surface area contributed by atoms with Crippen LogP contribution in [0.25, 0.3) is 0 Å². The molecule has 0 aliphatic heterocycles. The Morgan fingerprint density at radius 1 is 1.07 bits per heavy atom. The van der Waals surface area contributed by atoms with E-state index in [1.165, 1.54) is 66.9 Å². The molecule has 28 heavy (non-hydrogen) atoms. The van der Waals surface area contributed by atoms with Crippen molar-refractivity contribution in [1.29, 1.82) is 0 Å². The van der Waals surface area contributed by atoms with Crippen LogP contribution < -0.4 is 0 Å². The number of hydrogen-bond donors (Lipinski definition) is 0. The predicted molar refractivity (Wildman–Crippen MR) is 127 cm³/mol. The maximum Gasteiger partial charge on any atom is 0.192 e. The molecule has 0 N–H and O–H groups in total. The van der Waals surface area contributed by atoms with Crippen molar-refractivity contribution in [1.82, 2.24) is 0 Å². The third-order valence-corrected chi connectivity index (χ3v) is 12.4. The van der Waals surface area contributed by atoms with Gasteiger partial charge in [-0.3, -0.25) is 0 Å². The molecule has 160 valence electrons. The highest BCUT2D eigenvalue weighted by atomic mass is 35.5.